The van der Waals surface area contributed by atoms with Gasteiger partial charge in [0.15, 0.2) is 5.76 Å². The summed E-state index contributed by atoms with van der Waals surface area (Å²) in [4.78, 5) is 13.8. The van der Waals surface area contributed by atoms with E-state index in [9.17, 15) is 13.2 Å². The molecule has 0 saturated carbocycles. The Kier molecular flexibility index (Phi) is 7.23. The number of hydrogen-bond acceptors (Lipinski definition) is 7. The zero-order valence-corrected chi connectivity index (χ0v) is 20.7. The van der Waals surface area contributed by atoms with Crippen LogP contribution in [-0.2, 0) is 14.8 Å². The third-order valence-electron chi connectivity index (χ3n) is 5.78. The molecule has 1 saturated heterocycles. The second kappa shape index (κ2) is 10.3. The number of carbonyl (C=O) groups is 1. The lowest BCUT2D eigenvalue weighted by molar-refractivity contribution is -0.114. The highest BCUT2D eigenvalue weighted by Gasteiger charge is 2.31. The van der Waals surface area contributed by atoms with Crippen molar-refractivity contribution in [3.63, 3.8) is 0 Å². The van der Waals surface area contributed by atoms with Crippen LogP contribution >= 0.6 is 0 Å². The first-order valence-corrected chi connectivity index (χ1v) is 12.6. The van der Waals surface area contributed by atoms with Gasteiger partial charge in [-0.2, -0.15) is 4.31 Å². The molecule has 0 spiro atoms. The second-order valence-electron chi connectivity index (χ2n) is 8.16. The van der Waals surface area contributed by atoms with Crippen molar-refractivity contribution in [2.45, 2.75) is 18.7 Å². The maximum atomic E-state index is 13.5. The molecule has 184 valence electrons. The number of sulfonamides is 1. The van der Waals surface area contributed by atoms with E-state index < -0.39 is 10.0 Å². The molecule has 1 aromatic heterocycles. The minimum absolute atomic E-state index is 0.103. The normalized spacial score (nSPS) is 14.9. The Morgan fingerprint density at radius 3 is 2.46 bits per heavy atom. The van der Waals surface area contributed by atoms with Crippen LogP contribution in [0.2, 0.25) is 0 Å². The van der Waals surface area contributed by atoms with E-state index in [0.29, 0.717) is 48.9 Å². The van der Waals surface area contributed by atoms with Gasteiger partial charge in [-0.15, -0.1) is 0 Å². The maximum Gasteiger partial charge on any atom is 0.246 e. The standard InChI is InChI=1S/C25H28N4O5S/c1-18-25(26-19(2)30)23(34-27-18)12-10-20-9-11-22(33-3)24(17-20)35(31,32)29-15-13-28(14-16-29)21-7-5-4-6-8-21/h4-12,17H,13-16H2,1-3H3,(H,26,30)/b12-10-. The van der Waals surface area contributed by atoms with Crippen molar-refractivity contribution in [1.82, 2.24) is 9.46 Å². The summed E-state index contributed by atoms with van der Waals surface area (Å²) >= 11 is 0. The van der Waals surface area contributed by atoms with Gasteiger partial charge in [0.2, 0.25) is 15.9 Å². The summed E-state index contributed by atoms with van der Waals surface area (Å²) in [5, 5.41) is 6.58. The number of amides is 1. The van der Waals surface area contributed by atoms with Crippen molar-refractivity contribution in [3.8, 4) is 5.75 Å². The molecular formula is C25H28N4O5S. The number of methoxy groups -OCH3 is 1. The third-order valence-corrected chi connectivity index (χ3v) is 7.70. The molecule has 0 aliphatic carbocycles. The molecule has 9 nitrogen and oxygen atoms in total. The van der Waals surface area contributed by atoms with Gasteiger partial charge in [0, 0.05) is 38.8 Å². The fourth-order valence-corrected chi connectivity index (χ4v) is 5.58. The van der Waals surface area contributed by atoms with Crippen LogP contribution in [0.15, 0.2) is 57.9 Å². The first-order valence-electron chi connectivity index (χ1n) is 11.2. The SMILES string of the molecule is COc1ccc(/C=C\c2onc(C)c2NC(C)=O)cc1S(=O)(=O)N1CCN(c2ccccc2)CC1. The van der Waals surface area contributed by atoms with E-state index in [1.807, 2.05) is 30.3 Å². The molecule has 2 heterocycles. The molecule has 0 unspecified atom stereocenters. The van der Waals surface area contributed by atoms with Gasteiger partial charge in [0.1, 0.15) is 22.0 Å². The van der Waals surface area contributed by atoms with Crippen LogP contribution in [0.5, 0.6) is 5.75 Å². The molecule has 3 aromatic rings. The number of rotatable bonds is 7. The average molecular weight is 497 g/mol. The van der Waals surface area contributed by atoms with Crippen molar-refractivity contribution >= 4 is 39.5 Å². The lowest BCUT2D eigenvalue weighted by atomic mass is 10.2. The predicted molar refractivity (Wildman–Crippen MR) is 135 cm³/mol. The zero-order chi connectivity index (χ0) is 25.0. The van der Waals surface area contributed by atoms with Gasteiger partial charge in [0.05, 0.1) is 7.11 Å². The van der Waals surface area contributed by atoms with Crippen molar-refractivity contribution in [2.24, 2.45) is 0 Å². The van der Waals surface area contributed by atoms with E-state index in [0.717, 1.165) is 5.69 Å². The largest absolute Gasteiger partial charge is 0.495 e. The molecule has 1 aliphatic heterocycles. The van der Waals surface area contributed by atoms with Crippen LogP contribution in [0.3, 0.4) is 0 Å². The van der Waals surface area contributed by atoms with E-state index in [1.165, 1.54) is 18.3 Å². The van der Waals surface area contributed by atoms with Gasteiger partial charge >= 0.3 is 0 Å². The topological polar surface area (TPSA) is 105 Å². The summed E-state index contributed by atoms with van der Waals surface area (Å²) in [6, 6.07) is 14.9. The van der Waals surface area contributed by atoms with Crippen LogP contribution in [0.25, 0.3) is 12.2 Å². The molecule has 35 heavy (non-hydrogen) atoms. The van der Waals surface area contributed by atoms with Crippen LogP contribution in [0, 0.1) is 6.92 Å². The average Bonchev–Trinajstić information content (AvgIpc) is 3.21. The number of anilines is 2. The molecule has 0 atom stereocenters. The van der Waals surface area contributed by atoms with Crippen LogP contribution < -0.4 is 15.0 Å². The van der Waals surface area contributed by atoms with E-state index in [2.05, 4.69) is 15.4 Å². The minimum atomic E-state index is -3.78. The molecular weight excluding hydrogens is 468 g/mol. The first-order chi connectivity index (χ1) is 16.8. The van der Waals surface area contributed by atoms with Crippen molar-refractivity contribution in [1.29, 1.82) is 0 Å². The zero-order valence-electron chi connectivity index (χ0n) is 19.9. The Morgan fingerprint density at radius 2 is 1.80 bits per heavy atom. The Morgan fingerprint density at radius 1 is 1.09 bits per heavy atom. The van der Waals surface area contributed by atoms with Gasteiger partial charge in [-0.3, -0.25) is 4.79 Å². The lowest BCUT2D eigenvalue weighted by Gasteiger charge is -2.35. The number of nitrogens with zero attached hydrogens (tertiary/aromatic N) is 3. The number of hydrogen-bond donors (Lipinski definition) is 1. The molecule has 4 rings (SSSR count). The van der Waals surface area contributed by atoms with Gasteiger partial charge in [-0.1, -0.05) is 35.5 Å². The quantitative estimate of drug-likeness (QED) is 0.533. The molecule has 0 bridgehead atoms. The predicted octanol–water partition coefficient (Wildman–Crippen LogP) is 3.63. The summed E-state index contributed by atoms with van der Waals surface area (Å²) < 4.78 is 39.3. The third kappa shape index (κ3) is 5.39. The molecule has 10 heteroatoms. The number of piperazine rings is 1. The Balaban J connectivity index is 1.56. The number of aryl methyl sites for hydroxylation is 1. The molecule has 0 radical (unpaired) electrons. The maximum absolute atomic E-state index is 13.5. The van der Waals surface area contributed by atoms with Crippen molar-refractivity contribution < 1.29 is 22.5 Å². The summed E-state index contributed by atoms with van der Waals surface area (Å²) in [6.07, 6.45) is 3.35. The van der Waals surface area contributed by atoms with Gasteiger partial charge < -0.3 is 19.5 Å². The van der Waals surface area contributed by atoms with Crippen molar-refractivity contribution in [3.05, 3.63) is 65.5 Å². The summed E-state index contributed by atoms with van der Waals surface area (Å²) in [5.41, 5.74) is 2.74. The fourth-order valence-electron chi connectivity index (χ4n) is 3.96. The smallest absolute Gasteiger partial charge is 0.246 e. The summed E-state index contributed by atoms with van der Waals surface area (Å²) in [5.74, 6) is 0.410. The molecule has 1 amide bonds. The van der Waals surface area contributed by atoms with Gasteiger partial charge in [-0.05, 0) is 42.8 Å². The molecule has 1 fully saturated rings. The molecule has 2 aromatic carbocycles. The summed E-state index contributed by atoms with van der Waals surface area (Å²) in [7, 11) is -2.33. The highest BCUT2D eigenvalue weighted by Crippen LogP contribution is 2.30. The summed E-state index contributed by atoms with van der Waals surface area (Å²) in [6.45, 7) is 5.07. The highest BCUT2D eigenvalue weighted by molar-refractivity contribution is 7.89. The fraction of sp³-hybridized carbons (Fsp3) is 0.280. The van der Waals surface area contributed by atoms with E-state index in [4.69, 9.17) is 9.26 Å². The molecule has 1 N–H and O–H groups in total. The van der Waals surface area contributed by atoms with E-state index in [-0.39, 0.29) is 16.6 Å². The van der Waals surface area contributed by atoms with Crippen LogP contribution in [0.4, 0.5) is 11.4 Å². The van der Waals surface area contributed by atoms with E-state index in [1.54, 1.807) is 37.3 Å². The Labute approximate surface area is 205 Å². The lowest BCUT2D eigenvalue weighted by Crippen LogP contribution is -2.48. The second-order valence-corrected chi connectivity index (χ2v) is 10.1. The molecule has 1 aliphatic rings. The van der Waals surface area contributed by atoms with Crippen LogP contribution in [0.1, 0.15) is 23.9 Å². The minimum Gasteiger partial charge on any atom is -0.495 e. The Bertz CT molecular complexity index is 1330. The van der Waals surface area contributed by atoms with Gasteiger partial charge in [-0.25, -0.2) is 8.42 Å². The first kappa shape index (κ1) is 24.5. The monoisotopic (exact) mass is 496 g/mol. The number of benzene rings is 2. The number of aromatic nitrogens is 1. The van der Waals surface area contributed by atoms with Crippen molar-refractivity contribution in [2.75, 3.05) is 43.5 Å². The highest BCUT2D eigenvalue weighted by atomic mass is 32.2. The van der Waals surface area contributed by atoms with Gasteiger partial charge in [0.25, 0.3) is 0 Å². The Hall–Kier alpha value is -3.63. The number of ether oxygens (including phenoxy) is 1. The number of para-hydroxylation sites is 1. The van der Waals surface area contributed by atoms with Crippen LogP contribution in [-0.4, -0.2) is 57.1 Å². The van der Waals surface area contributed by atoms with E-state index >= 15 is 0 Å². The number of carbonyl (C=O) groups excluding carboxylic acids is 1. The number of nitrogens with one attached hydrogen (secondary N) is 1.